The fraction of sp³-hybridized carbons (Fsp3) is 0.429. The van der Waals surface area contributed by atoms with Gasteiger partial charge >= 0.3 is 0 Å². The van der Waals surface area contributed by atoms with E-state index in [0.29, 0.717) is 12.5 Å². The second-order valence-electron chi connectivity index (χ2n) is 6.70. The number of ether oxygens (including phenoxy) is 1. The standard InChI is InChI=1S/C21H27N3O2/c1-26-20-4-2-3-18(15-20)16-23-13-9-19-5-6-21(25)24(19)14-10-17-7-11-22-12-8-17/h2-4,7-8,11-12,15,19,23H,5-6,9-10,13-14,16H2,1H3/t19-/m1/s1. The van der Waals surface area contributed by atoms with Crippen molar-refractivity contribution in [3.05, 3.63) is 59.9 Å². The van der Waals surface area contributed by atoms with E-state index in [1.54, 1.807) is 19.5 Å². The molecule has 26 heavy (non-hydrogen) atoms. The molecule has 138 valence electrons. The van der Waals surface area contributed by atoms with Crippen molar-refractivity contribution in [3.63, 3.8) is 0 Å². The van der Waals surface area contributed by atoms with Gasteiger partial charge < -0.3 is 15.0 Å². The number of benzene rings is 1. The molecule has 0 unspecified atom stereocenters. The smallest absolute Gasteiger partial charge is 0.222 e. The Morgan fingerprint density at radius 1 is 1.23 bits per heavy atom. The van der Waals surface area contributed by atoms with E-state index in [0.717, 1.165) is 44.6 Å². The van der Waals surface area contributed by atoms with E-state index in [-0.39, 0.29) is 5.91 Å². The maximum atomic E-state index is 12.2. The average molecular weight is 353 g/mol. The van der Waals surface area contributed by atoms with Gasteiger partial charge in [-0.2, -0.15) is 0 Å². The molecule has 1 aromatic heterocycles. The quantitative estimate of drug-likeness (QED) is 0.705. The fourth-order valence-electron chi connectivity index (χ4n) is 3.48. The van der Waals surface area contributed by atoms with Crippen LogP contribution in [0.5, 0.6) is 5.75 Å². The highest BCUT2D eigenvalue weighted by atomic mass is 16.5. The number of carbonyl (C=O) groups excluding carboxylic acids is 1. The lowest BCUT2D eigenvalue weighted by atomic mass is 10.1. The molecule has 1 atom stereocenters. The highest BCUT2D eigenvalue weighted by Gasteiger charge is 2.29. The van der Waals surface area contributed by atoms with Gasteiger partial charge in [-0.05, 0) is 61.2 Å². The Morgan fingerprint density at radius 3 is 2.88 bits per heavy atom. The lowest BCUT2D eigenvalue weighted by Crippen LogP contribution is -2.36. The van der Waals surface area contributed by atoms with Crippen LogP contribution in [-0.2, 0) is 17.8 Å². The molecule has 1 fully saturated rings. The fourth-order valence-corrected chi connectivity index (χ4v) is 3.48. The maximum Gasteiger partial charge on any atom is 0.222 e. The number of hydrogen-bond donors (Lipinski definition) is 1. The van der Waals surface area contributed by atoms with E-state index in [1.807, 2.05) is 30.3 Å². The lowest BCUT2D eigenvalue weighted by molar-refractivity contribution is -0.129. The number of hydrogen-bond acceptors (Lipinski definition) is 4. The first-order valence-corrected chi connectivity index (χ1v) is 9.28. The van der Waals surface area contributed by atoms with Crippen molar-refractivity contribution in [3.8, 4) is 5.75 Å². The van der Waals surface area contributed by atoms with Gasteiger partial charge in [0.2, 0.25) is 5.91 Å². The molecule has 0 spiro atoms. The van der Waals surface area contributed by atoms with Crippen molar-refractivity contribution in [2.75, 3.05) is 20.2 Å². The van der Waals surface area contributed by atoms with Crippen molar-refractivity contribution >= 4 is 5.91 Å². The van der Waals surface area contributed by atoms with Gasteiger partial charge in [-0.15, -0.1) is 0 Å². The number of carbonyl (C=O) groups is 1. The molecule has 1 aromatic carbocycles. The number of pyridine rings is 1. The van der Waals surface area contributed by atoms with Crippen LogP contribution < -0.4 is 10.1 Å². The molecule has 1 aliphatic rings. The molecule has 1 saturated heterocycles. The van der Waals surface area contributed by atoms with E-state index in [4.69, 9.17) is 4.74 Å². The summed E-state index contributed by atoms with van der Waals surface area (Å²) >= 11 is 0. The van der Waals surface area contributed by atoms with Crippen LogP contribution in [0, 0.1) is 0 Å². The van der Waals surface area contributed by atoms with Crippen molar-refractivity contribution in [2.24, 2.45) is 0 Å². The predicted molar refractivity (Wildman–Crippen MR) is 102 cm³/mol. The number of aromatic nitrogens is 1. The molecule has 0 saturated carbocycles. The Morgan fingerprint density at radius 2 is 2.08 bits per heavy atom. The highest BCUT2D eigenvalue weighted by molar-refractivity contribution is 5.78. The minimum absolute atomic E-state index is 0.289. The summed E-state index contributed by atoms with van der Waals surface area (Å²) in [4.78, 5) is 18.3. The molecule has 0 aliphatic carbocycles. The van der Waals surface area contributed by atoms with Crippen LogP contribution in [0.4, 0.5) is 0 Å². The van der Waals surface area contributed by atoms with Crippen molar-refractivity contribution in [1.29, 1.82) is 0 Å². The van der Waals surface area contributed by atoms with Gasteiger partial charge in [0, 0.05) is 37.9 Å². The zero-order chi connectivity index (χ0) is 18.2. The molecule has 3 rings (SSSR count). The van der Waals surface area contributed by atoms with Crippen LogP contribution in [-0.4, -0.2) is 42.0 Å². The molecule has 1 amide bonds. The molecule has 1 aliphatic heterocycles. The third-order valence-corrected chi connectivity index (χ3v) is 4.96. The van der Waals surface area contributed by atoms with Gasteiger partial charge in [0.25, 0.3) is 0 Å². The second kappa shape index (κ2) is 9.34. The van der Waals surface area contributed by atoms with Gasteiger partial charge in [-0.25, -0.2) is 0 Å². The number of methoxy groups -OCH3 is 1. The summed E-state index contributed by atoms with van der Waals surface area (Å²) in [6, 6.07) is 12.5. The summed E-state index contributed by atoms with van der Waals surface area (Å²) in [5, 5.41) is 3.49. The zero-order valence-electron chi connectivity index (χ0n) is 15.4. The van der Waals surface area contributed by atoms with Gasteiger partial charge in [-0.3, -0.25) is 9.78 Å². The Hall–Kier alpha value is -2.40. The Balaban J connectivity index is 1.43. The van der Waals surface area contributed by atoms with E-state index in [2.05, 4.69) is 21.3 Å². The third kappa shape index (κ3) is 5.05. The Labute approximate surface area is 155 Å². The topological polar surface area (TPSA) is 54.5 Å². The van der Waals surface area contributed by atoms with Crippen molar-refractivity contribution in [2.45, 2.75) is 38.3 Å². The molecule has 1 N–H and O–H groups in total. The third-order valence-electron chi connectivity index (χ3n) is 4.96. The molecular weight excluding hydrogens is 326 g/mol. The Bertz CT molecular complexity index is 705. The Kier molecular flexibility index (Phi) is 6.61. The first-order chi connectivity index (χ1) is 12.8. The average Bonchev–Trinajstić information content (AvgIpc) is 3.04. The van der Waals surface area contributed by atoms with Gasteiger partial charge in [0.1, 0.15) is 5.75 Å². The van der Waals surface area contributed by atoms with Crippen LogP contribution in [0.2, 0.25) is 0 Å². The highest BCUT2D eigenvalue weighted by Crippen LogP contribution is 2.21. The van der Waals surface area contributed by atoms with E-state index in [1.165, 1.54) is 11.1 Å². The number of nitrogens with zero attached hydrogens (tertiary/aromatic N) is 2. The molecule has 5 nitrogen and oxygen atoms in total. The van der Waals surface area contributed by atoms with Crippen LogP contribution in [0.3, 0.4) is 0 Å². The number of rotatable bonds is 9. The SMILES string of the molecule is COc1cccc(CNCC[C@H]2CCC(=O)N2CCc2ccncc2)c1. The second-order valence-corrected chi connectivity index (χ2v) is 6.70. The van der Waals surface area contributed by atoms with E-state index >= 15 is 0 Å². The molecule has 2 aromatic rings. The van der Waals surface area contributed by atoms with Gasteiger partial charge in [-0.1, -0.05) is 12.1 Å². The predicted octanol–water partition coefficient (Wildman–Crippen LogP) is 2.80. The summed E-state index contributed by atoms with van der Waals surface area (Å²) in [6.45, 7) is 2.51. The van der Waals surface area contributed by atoms with Crippen LogP contribution in [0.25, 0.3) is 0 Å². The maximum absolute atomic E-state index is 12.2. The number of nitrogens with one attached hydrogen (secondary N) is 1. The van der Waals surface area contributed by atoms with Crippen LogP contribution in [0.1, 0.15) is 30.4 Å². The van der Waals surface area contributed by atoms with Crippen LogP contribution >= 0.6 is 0 Å². The molecule has 5 heteroatoms. The molecular formula is C21H27N3O2. The van der Waals surface area contributed by atoms with Crippen LogP contribution in [0.15, 0.2) is 48.8 Å². The first kappa shape index (κ1) is 18.4. The van der Waals surface area contributed by atoms with Gasteiger partial charge in [0.15, 0.2) is 0 Å². The minimum Gasteiger partial charge on any atom is -0.497 e. The summed E-state index contributed by atoms with van der Waals surface area (Å²) in [6.07, 6.45) is 7.14. The zero-order valence-corrected chi connectivity index (χ0v) is 15.4. The monoisotopic (exact) mass is 353 g/mol. The largest absolute Gasteiger partial charge is 0.497 e. The lowest BCUT2D eigenvalue weighted by Gasteiger charge is -2.25. The summed E-state index contributed by atoms with van der Waals surface area (Å²) in [5.41, 5.74) is 2.44. The number of likely N-dealkylation sites (tertiary alicyclic amines) is 1. The first-order valence-electron chi connectivity index (χ1n) is 9.28. The summed E-state index contributed by atoms with van der Waals surface area (Å²) in [5.74, 6) is 1.17. The molecule has 2 heterocycles. The molecule has 0 bridgehead atoms. The summed E-state index contributed by atoms with van der Waals surface area (Å²) in [7, 11) is 1.68. The molecule has 0 radical (unpaired) electrons. The van der Waals surface area contributed by atoms with E-state index < -0.39 is 0 Å². The summed E-state index contributed by atoms with van der Waals surface area (Å²) < 4.78 is 5.26. The number of amides is 1. The minimum atomic E-state index is 0.289. The van der Waals surface area contributed by atoms with Crippen molar-refractivity contribution in [1.82, 2.24) is 15.2 Å². The van der Waals surface area contributed by atoms with E-state index in [9.17, 15) is 4.79 Å². The van der Waals surface area contributed by atoms with Crippen molar-refractivity contribution < 1.29 is 9.53 Å². The normalized spacial score (nSPS) is 16.9. The van der Waals surface area contributed by atoms with Gasteiger partial charge in [0.05, 0.1) is 7.11 Å².